The molecule has 0 saturated heterocycles. The maximum atomic E-state index is 11.2. The zero-order valence-electron chi connectivity index (χ0n) is 10.0. The molecule has 0 aliphatic carbocycles. The number of hydrogen-bond donors (Lipinski definition) is 3. The van der Waals surface area contributed by atoms with Crippen LogP contribution in [-0.2, 0) is 11.2 Å². The van der Waals surface area contributed by atoms with Gasteiger partial charge in [0, 0.05) is 12.5 Å². The predicted octanol–water partition coefficient (Wildman–Crippen LogP) is 0.396. The molecule has 94 valence electrons. The molecule has 0 atom stereocenters. The van der Waals surface area contributed by atoms with Gasteiger partial charge in [-0.25, -0.2) is 0 Å². The molecule has 1 aromatic carbocycles. The number of carbonyl (C=O) groups is 1. The van der Waals surface area contributed by atoms with Gasteiger partial charge in [-0.2, -0.15) is 0 Å². The van der Waals surface area contributed by atoms with Gasteiger partial charge in [0.25, 0.3) is 5.91 Å². The molecule has 0 unspecified atom stereocenters. The Kier molecular flexibility index (Phi) is 5.41. The first-order chi connectivity index (χ1) is 9.13. The maximum absolute atomic E-state index is 11.2. The SMILES string of the molecule is C#CC#CC#CC(=O)NCCc1ccc(O)c(O)c1. The lowest BCUT2D eigenvalue weighted by atomic mass is 10.1. The average molecular weight is 253 g/mol. The lowest BCUT2D eigenvalue weighted by molar-refractivity contribution is -0.115. The van der Waals surface area contributed by atoms with E-state index in [-0.39, 0.29) is 11.5 Å². The molecule has 0 aliphatic rings. The second-order valence-corrected chi connectivity index (χ2v) is 3.47. The van der Waals surface area contributed by atoms with Crippen LogP contribution in [0.1, 0.15) is 5.56 Å². The molecular formula is C15H11NO3. The Morgan fingerprint density at radius 3 is 2.68 bits per heavy atom. The summed E-state index contributed by atoms with van der Waals surface area (Å²) in [6, 6.07) is 4.48. The third-order valence-electron chi connectivity index (χ3n) is 2.11. The third-order valence-corrected chi connectivity index (χ3v) is 2.11. The fourth-order valence-electron chi connectivity index (χ4n) is 1.24. The number of rotatable bonds is 3. The molecule has 0 spiro atoms. The average Bonchev–Trinajstić information content (AvgIpc) is 2.39. The minimum atomic E-state index is -0.450. The molecule has 1 rings (SSSR count). The molecule has 1 amide bonds. The van der Waals surface area contributed by atoms with Crippen molar-refractivity contribution in [3.8, 4) is 47.5 Å². The van der Waals surface area contributed by atoms with E-state index < -0.39 is 5.91 Å². The van der Waals surface area contributed by atoms with Gasteiger partial charge in [0.15, 0.2) is 11.5 Å². The number of phenolic OH excluding ortho intramolecular Hbond substituents is 2. The van der Waals surface area contributed by atoms with E-state index >= 15 is 0 Å². The second kappa shape index (κ2) is 7.33. The number of nitrogens with one attached hydrogen (secondary N) is 1. The van der Waals surface area contributed by atoms with E-state index in [9.17, 15) is 9.90 Å². The number of phenols is 2. The van der Waals surface area contributed by atoms with Gasteiger partial charge in [-0.1, -0.05) is 6.07 Å². The Morgan fingerprint density at radius 2 is 2.00 bits per heavy atom. The van der Waals surface area contributed by atoms with Gasteiger partial charge in [0.05, 0.1) is 0 Å². The summed E-state index contributed by atoms with van der Waals surface area (Å²) in [6.07, 6.45) is 5.39. The summed E-state index contributed by atoms with van der Waals surface area (Å²) in [4.78, 5) is 11.2. The molecule has 0 fully saturated rings. The van der Waals surface area contributed by atoms with Crippen molar-refractivity contribution in [3.63, 3.8) is 0 Å². The molecule has 4 heteroatoms. The largest absolute Gasteiger partial charge is 0.504 e. The van der Waals surface area contributed by atoms with Crippen LogP contribution in [0.4, 0.5) is 0 Å². The van der Waals surface area contributed by atoms with Gasteiger partial charge in [-0.3, -0.25) is 4.79 Å². The molecule has 0 bridgehead atoms. The topological polar surface area (TPSA) is 69.6 Å². The highest BCUT2D eigenvalue weighted by Gasteiger charge is 2.01. The van der Waals surface area contributed by atoms with Gasteiger partial charge in [0.2, 0.25) is 0 Å². The Morgan fingerprint density at radius 1 is 1.21 bits per heavy atom. The molecule has 0 aliphatic heterocycles. The minimum absolute atomic E-state index is 0.175. The van der Waals surface area contributed by atoms with Crippen molar-refractivity contribution < 1.29 is 15.0 Å². The van der Waals surface area contributed by atoms with Gasteiger partial charge in [-0.15, -0.1) is 6.42 Å². The summed E-state index contributed by atoms with van der Waals surface area (Å²) in [5.41, 5.74) is 0.788. The first-order valence-electron chi connectivity index (χ1n) is 5.39. The fraction of sp³-hybridized carbons (Fsp3) is 0.133. The molecule has 19 heavy (non-hydrogen) atoms. The molecular weight excluding hydrogens is 242 g/mol. The molecule has 3 N–H and O–H groups in total. The van der Waals surface area contributed by atoms with E-state index in [2.05, 4.69) is 34.9 Å². The summed E-state index contributed by atoms with van der Waals surface area (Å²) < 4.78 is 0. The van der Waals surface area contributed by atoms with E-state index in [1.807, 2.05) is 0 Å². The first-order valence-corrected chi connectivity index (χ1v) is 5.39. The van der Waals surface area contributed by atoms with Crippen LogP contribution >= 0.6 is 0 Å². The number of hydrogen-bond acceptors (Lipinski definition) is 3. The highest BCUT2D eigenvalue weighted by molar-refractivity contribution is 5.94. The van der Waals surface area contributed by atoms with Crippen molar-refractivity contribution in [2.24, 2.45) is 0 Å². The Hall–Kier alpha value is -3.03. The Balaban J connectivity index is 2.41. The number of terminal acetylenes is 1. The molecule has 0 heterocycles. The van der Waals surface area contributed by atoms with Crippen LogP contribution in [0, 0.1) is 36.0 Å². The number of benzene rings is 1. The van der Waals surface area contributed by atoms with E-state index in [4.69, 9.17) is 11.5 Å². The predicted molar refractivity (Wildman–Crippen MR) is 70.9 cm³/mol. The molecule has 0 saturated carbocycles. The van der Waals surface area contributed by atoms with Crippen LogP contribution in [0.25, 0.3) is 0 Å². The Labute approximate surface area is 111 Å². The van der Waals surface area contributed by atoms with Crippen LogP contribution in [0.15, 0.2) is 18.2 Å². The molecule has 4 nitrogen and oxygen atoms in total. The normalized spacial score (nSPS) is 8.16. The van der Waals surface area contributed by atoms with Crippen molar-refractivity contribution >= 4 is 5.91 Å². The lowest BCUT2D eigenvalue weighted by Gasteiger charge is -2.03. The first kappa shape index (κ1) is 14.0. The number of amides is 1. The summed E-state index contributed by atoms with van der Waals surface area (Å²) >= 11 is 0. The van der Waals surface area contributed by atoms with Gasteiger partial charge >= 0.3 is 0 Å². The van der Waals surface area contributed by atoms with E-state index in [1.54, 1.807) is 6.07 Å². The van der Waals surface area contributed by atoms with Crippen LogP contribution in [-0.4, -0.2) is 22.7 Å². The van der Waals surface area contributed by atoms with E-state index in [0.717, 1.165) is 5.56 Å². The van der Waals surface area contributed by atoms with E-state index in [0.29, 0.717) is 13.0 Å². The van der Waals surface area contributed by atoms with Crippen molar-refractivity contribution in [2.75, 3.05) is 6.54 Å². The van der Waals surface area contributed by atoms with Crippen molar-refractivity contribution in [2.45, 2.75) is 6.42 Å². The lowest BCUT2D eigenvalue weighted by Crippen LogP contribution is -2.23. The summed E-state index contributed by atoms with van der Waals surface area (Å²) in [5.74, 6) is 10.4. The summed E-state index contributed by atoms with van der Waals surface area (Å²) in [6.45, 7) is 0.361. The zero-order valence-corrected chi connectivity index (χ0v) is 10.0. The molecule has 0 aromatic heterocycles. The monoisotopic (exact) mass is 253 g/mol. The van der Waals surface area contributed by atoms with Crippen LogP contribution in [0.2, 0.25) is 0 Å². The molecule has 0 radical (unpaired) electrons. The van der Waals surface area contributed by atoms with Gasteiger partial charge in [0.1, 0.15) is 0 Å². The maximum Gasteiger partial charge on any atom is 0.296 e. The van der Waals surface area contributed by atoms with Gasteiger partial charge < -0.3 is 15.5 Å². The quantitative estimate of drug-likeness (QED) is 0.539. The smallest absolute Gasteiger partial charge is 0.296 e. The van der Waals surface area contributed by atoms with Crippen LogP contribution in [0.3, 0.4) is 0 Å². The Bertz CT molecular complexity index is 633. The van der Waals surface area contributed by atoms with Crippen LogP contribution < -0.4 is 5.32 Å². The zero-order chi connectivity index (χ0) is 14.1. The van der Waals surface area contributed by atoms with E-state index in [1.165, 1.54) is 12.1 Å². The third kappa shape index (κ3) is 5.22. The standard InChI is InChI=1S/C15H11NO3/c1-2-3-4-5-6-15(19)16-10-9-12-7-8-13(17)14(18)11-12/h1,7-8,11,17-18H,9-10H2,(H,16,19). The fourth-order valence-corrected chi connectivity index (χ4v) is 1.24. The molecule has 1 aromatic rings. The highest BCUT2D eigenvalue weighted by atomic mass is 16.3. The minimum Gasteiger partial charge on any atom is -0.504 e. The highest BCUT2D eigenvalue weighted by Crippen LogP contribution is 2.24. The second-order valence-electron chi connectivity index (χ2n) is 3.47. The summed E-state index contributed by atoms with van der Waals surface area (Å²) in [7, 11) is 0. The van der Waals surface area contributed by atoms with Crippen molar-refractivity contribution in [3.05, 3.63) is 23.8 Å². The number of aromatic hydroxyl groups is 2. The van der Waals surface area contributed by atoms with Gasteiger partial charge in [-0.05, 0) is 47.8 Å². The van der Waals surface area contributed by atoms with Crippen molar-refractivity contribution in [1.29, 1.82) is 0 Å². The van der Waals surface area contributed by atoms with Crippen LogP contribution in [0.5, 0.6) is 11.5 Å². The summed E-state index contributed by atoms with van der Waals surface area (Å²) in [5, 5.41) is 21.0. The number of carbonyl (C=O) groups excluding carboxylic acids is 1. The van der Waals surface area contributed by atoms with Crippen molar-refractivity contribution in [1.82, 2.24) is 5.32 Å².